The number of hydrogen-bond donors (Lipinski definition) is 1. The van der Waals surface area contributed by atoms with Crippen molar-refractivity contribution in [3.63, 3.8) is 0 Å². The summed E-state index contributed by atoms with van der Waals surface area (Å²) in [7, 11) is 0. The van der Waals surface area contributed by atoms with Crippen LogP contribution in [-0.2, 0) is 6.54 Å². The summed E-state index contributed by atoms with van der Waals surface area (Å²) in [4.78, 5) is 0. The minimum atomic E-state index is 0.616. The van der Waals surface area contributed by atoms with Gasteiger partial charge in [-0.1, -0.05) is 18.2 Å². The average molecular weight is 232 g/mol. The van der Waals surface area contributed by atoms with Gasteiger partial charge in [-0.15, -0.1) is 0 Å². The van der Waals surface area contributed by atoms with E-state index < -0.39 is 0 Å². The van der Waals surface area contributed by atoms with Gasteiger partial charge in [-0.3, -0.25) is 0 Å². The number of benzene rings is 1. The molecule has 0 bridgehead atoms. The molecule has 0 amide bonds. The van der Waals surface area contributed by atoms with Gasteiger partial charge in [-0.25, -0.2) is 0 Å². The van der Waals surface area contributed by atoms with Gasteiger partial charge in [0.1, 0.15) is 0 Å². The van der Waals surface area contributed by atoms with Crippen LogP contribution in [0.5, 0.6) is 0 Å². The zero-order valence-electron chi connectivity index (χ0n) is 9.28. The van der Waals surface area contributed by atoms with Crippen molar-refractivity contribution in [2.75, 3.05) is 11.5 Å². The van der Waals surface area contributed by atoms with E-state index >= 15 is 0 Å². The summed E-state index contributed by atoms with van der Waals surface area (Å²) in [6.07, 6.45) is 2.57. The topological polar surface area (TPSA) is 35.8 Å². The maximum Gasteiger partial charge on any atom is 0.0995 e. The molecule has 1 heterocycles. The molecule has 2 nitrogen and oxygen atoms in total. The lowest BCUT2D eigenvalue weighted by Crippen LogP contribution is -2.33. The third-order valence-electron chi connectivity index (χ3n) is 2.88. The Morgan fingerprint density at radius 1 is 1.44 bits per heavy atom. The van der Waals surface area contributed by atoms with Crippen LogP contribution in [0.25, 0.3) is 0 Å². The van der Waals surface area contributed by atoms with E-state index in [1.165, 1.54) is 24.3 Å². The molecule has 1 atom stereocenters. The van der Waals surface area contributed by atoms with Crippen molar-refractivity contribution in [2.45, 2.75) is 25.4 Å². The molecule has 3 heteroatoms. The van der Waals surface area contributed by atoms with Crippen LogP contribution < -0.4 is 5.32 Å². The highest BCUT2D eigenvalue weighted by atomic mass is 32.2. The number of rotatable bonds is 3. The quantitative estimate of drug-likeness (QED) is 0.870. The van der Waals surface area contributed by atoms with Gasteiger partial charge >= 0.3 is 0 Å². The lowest BCUT2D eigenvalue weighted by atomic mass is 10.1. The molecular formula is C13H16N2S. The van der Waals surface area contributed by atoms with Gasteiger partial charge < -0.3 is 5.32 Å². The van der Waals surface area contributed by atoms with E-state index in [2.05, 4.69) is 11.4 Å². The summed E-state index contributed by atoms with van der Waals surface area (Å²) in [5.41, 5.74) is 1.90. The third kappa shape index (κ3) is 3.01. The second-order valence-electron chi connectivity index (χ2n) is 4.06. The molecular weight excluding hydrogens is 216 g/mol. The highest BCUT2D eigenvalue weighted by molar-refractivity contribution is 7.99. The van der Waals surface area contributed by atoms with Crippen molar-refractivity contribution < 1.29 is 0 Å². The van der Waals surface area contributed by atoms with Gasteiger partial charge in [0.15, 0.2) is 0 Å². The fourth-order valence-corrected chi connectivity index (χ4v) is 3.05. The Kier molecular flexibility index (Phi) is 4.26. The molecule has 0 aromatic heterocycles. The molecule has 84 valence electrons. The second-order valence-corrected chi connectivity index (χ2v) is 5.21. The lowest BCUT2D eigenvalue weighted by Gasteiger charge is -2.22. The van der Waals surface area contributed by atoms with Crippen LogP contribution in [0.2, 0.25) is 0 Å². The van der Waals surface area contributed by atoms with Crippen molar-refractivity contribution in [1.29, 1.82) is 5.26 Å². The van der Waals surface area contributed by atoms with Crippen LogP contribution in [0.3, 0.4) is 0 Å². The van der Waals surface area contributed by atoms with E-state index in [1.807, 2.05) is 36.0 Å². The van der Waals surface area contributed by atoms with Gasteiger partial charge in [0.25, 0.3) is 0 Å². The molecule has 1 saturated heterocycles. The Hall–Kier alpha value is -0.980. The molecule has 16 heavy (non-hydrogen) atoms. The van der Waals surface area contributed by atoms with Crippen molar-refractivity contribution >= 4 is 11.8 Å². The van der Waals surface area contributed by atoms with E-state index in [-0.39, 0.29) is 0 Å². The van der Waals surface area contributed by atoms with E-state index in [0.717, 1.165) is 17.7 Å². The Bertz CT molecular complexity index is 378. The number of nitrogens with one attached hydrogen (secondary N) is 1. The zero-order valence-corrected chi connectivity index (χ0v) is 10.1. The summed E-state index contributed by atoms with van der Waals surface area (Å²) < 4.78 is 0. The molecule has 1 unspecified atom stereocenters. The highest BCUT2D eigenvalue weighted by Gasteiger charge is 2.13. The van der Waals surface area contributed by atoms with E-state index in [1.54, 1.807) is 0 Å². The van der Waals surface area contributed by atoms with Crippen LogP contribution in [0, 0.1) is 11.3 Å². The smallest absolute Gasteiger partial charge is 0.0995 e. The molecule has 0 aliphatic carbocycles. The Labute approximate surface area is 101 Å². The monoisotopic (exact) mass is 232 g/mol. The predicted octanol–water partition coefficient (Wildman–Crippen LogP) is 2.54. The first-order valence-corrected chi connectivity index (χ1v) is 6.85. The van der Waals surface area contributed by atoms with Crippen LogP contribution in [0.1, 0.15) is 24.0 Å². The minimum absolute atomic E-state index is 0.616. The number of nitrogens with zero attached hydrogens (tertiary/aromatic N) is 1. The molecule has 0 saturated carbocycles. The molecule has 1 aliphatic heterocycles. The van der Waals surface area contributed by atoms with E-state index in [9.17, 15) is 0 Å². The largest absolute Gasteiger partial charge is 0.309 e. The van der Waals surface area contributed by atoms with Gasteiger partial charge in [0, 0.05) is 18.3 Å². The van der Waals surface area contributed by atoms with Gasteiger partial charge in [-0.05, 0) is 30.2 Å². The summed E-state index contributed by atoms with van der Waals surface area (Å²) >= 11 is 2.02. The molecule has 1 aliphatic rings. The first-order chi connectivity index (χ1) is 7.90. The Morgan fingerprint density at radius 3 is 3.06 bits per heavy atom. The summed E-state index contributed by atoms with van der Waals surface area (Å²) in [6, 6.07) is 10.7. The van der Waals surface area contributed by atoms with Crippen molar-refractivity contribution in [3.05, 3.63) is 35.4 Å². The van der Waals surface area contributed by atoms with Crippen molar-refractivity contribution in [2.24, 2.45) is 0 Å². The standard InChI is InChI=1S/C13H16N2S/c14-8-11-4-1-2-5-12(11)9-15-13-6-3-7-16-10-13/h1-2,4-5,13,15H,3,6-7,9-10H2. The van der Waals surface area contributed by atoms with E-state index in [4.69, 9.17) is 5.26 Å². The maximum absolute atomic E-state index is 8.97. The van der Waals surface area contributed by atoms with Crippen LogP contribution in [-0.4, -0.2) is 17.5 Å². The Morgan fingerprint density at radius 2 is 2.31 bits per heavy atom. The molecule has 2 rings (SSSR count). The van der Waals surface area contributed by atoms with Crippen LogP contribution in [0.15, 0.2) is 24.3 Å². The summed E-state index contributed by atoms with van der Waals surface area (Å²) in [5.74, 6) is 2.50. The third-order valence-corrected chi connectivity index (χ3v) is 4.09. The first kappa shape index (κ1) is 11.5. The summed E-state index contributed by atoms with van der Waals surface area (Å²) in [5, 5.41) is 12.5. The minimum Gasteiger partial charge on any atom is -0.309 e. The normalized spacial score (nSPS) is 20.3. The molecule has 1 aromatic carbocycles. The SMILES string of the molecule is N#Cc1ccccc1CNC1CCCSC1. The van der Waals surface area contributed by atoms with Crippen LogP contribution in [0.4, 0.5) is 0 Å². The van der Waals surface area contributed by atoms with Crippen molar-refractivity contribution in [1.82, 2.24) is 5.32 Å². The predicted molar refractivity (Wildman–Crippen MR) is 68.3 cm³/mol. The van der Waals surface area contributed by atoms with Gasteiger partial charge in [-0.2, -0.15) is 17.0 Å². The molecule has 0 radical (unpaired) electrons. The molecule has 1 fully saturated rings. The molecule has 1 aromatic rings. The van der Waals surface area contributed by atoms with Gasteiger partial charge in [0.05, 0.1) is 11.6 Å². The molecule has 0 spiro atoms. The Balaban J connectivity index is 1.91. The van der Waals surface area contributed by atoms with Crippen molar-refractivity contribution in [3.8, 4) is 6.07 Å². The molecule has 1 N–H and O–H groups in total. The zero-order chi connectivity index (χ0) is 11.2. The number of nitriles is 1. The second kappa shape index (κ2) is 5.93. The highest BCUT2D eigenvalue weighted by Crippen LogP contribution is 2.17. The number of hydrogen-bond acceptors (Lipinski definition) is 3. The van der Waals surface area contributed by atoms with E-state index in [0.29, 0.717) is 6.04 Å². The fraction of sp³-hybridized carbons (Fsp3) is 0.462. The van der Waals surface area contributed by atoms with Gasteiger partial charge in [0.2, 0.25) is 0 Å². The maximum atomic E-state index is 8.97. The first-order valence-electron chi connectivity index (χ1n) is 5.69. The average Bonchev–Trinajstić information content (AvgIpc) is 2.38. The summed E-state index contributed by atoms with van der Waals surface area (Å²) in [6.45, 7) is 0.814. The fourth-order valence-electron chi connectivity index (χ4n) is 1.94. The number of thioether (sulfide) groups is 1. The lowest BCUT2D eigenvalue weighted by molar-refractivity contribution is 0.507. The van der Waals surface area contributed by atoms with Crippen LogP contribution >= 0.6 is 11.8 Å².